The van der Waals surface area contributed by atoms with E-state index in [1.54, 1.807) is 30.3 Å². The number of hydrogen-bond donors (Lipinski definition) is 3. The van der Waals surface area contributed by atoms with E-state index in [1.807, 2.05) is 0 Å². The van der Waals surface area contributed by atoms with Crippen molar-refractivity contribution in [3.63, 3.8) is 0 Å². The molecule has 13 heteroatoms. The van der Waals surface area contributed by atoms with Gasteiger partial charge in [-0.2, -0.15) is 5.10 Å². The molecule has 218 valence electrons. The van der Waals surface area contributed by atoms with E-state index >= 15 is 4.39 Å². The van der Waals surface area contributed by atoms with Gasteiger partial charge in [-0.05, 0) is 29.8 Å². The first-order valence-electron chi connectivity index (χ1n) is 13.3. The molecule has 3 heterocycles. The van der Waals surface area contributed by atoms with Crippen molar-refractivity contribution in [2.24, 2.45) is 0 Å². The molecule has 1 aliphatic rings. The molecule has 0 aliphatic carbocycles. The molecule has 5 aromatic rings. The number of aromatic amines is 1. The Morgan fingerprint density at radius 2 is 1.91 bits per heavy atom. The highest BCUT2D eigenvalue weighted by Crippen LogP contribution is 2.32. The topological polar surface area (TPSA) is 150 Å². The summed E-state index contributed by atoms with van der Waals surface area (Å²) in [5.74, 6) is -3.73. The second kappa shape index (κ2) is 10.7. The molecule has 0 radical (unpaired) electrons. The van der Waals surface area contributed by atoms with Gasteiger partial charge in [-0.3, -0.25) is 19.1 Å². The summed E-state index contributed by atoms with van der Waals surface area (Å²) in [6.45, 7) is 0.695. The third-order valence-corrected chi connectivity index (χ3v) is 7.47. The number of Topliss-reactive ketones (excluding diaryl/α,β-unsaturated/α-hetero) is 1. The molecule has 11 nitrogen and oxygen atoms in total. The van der Waals surface area contributed by atoms with Crippen molar-refractivity contribution in [3.8, 4) is 11.1 Å². The van der Waals surface area contributed by atoms with Gasteiger partial charge in [0.25, 0.3) is 0 Å². The number of para-hydroxylation sites is 1. The molecular weight excluding hydrogens is 562 g/mol. The molecule has 0 saturated carbocycles. The number of imidazole rings is 1. The van der Waals surface area contributed by atoms with Crippen molar-refractivity contribution in [1.82, 2.24) is 24.6 Å². The number of likely N-dealkylation sites (tertiary alicyclic amines) is 1. The molecule has 0 bridgehead atoms. The van der Waals surface area contributed by atoms with Crippen LogP contribution in [-0.2, 0) is 16.1 Å². The first-order chi connectivity index (χ1) is 20.6. The number of carbonyl (C=O) groups excluding carboxylic acids is 3. The van der Waals surface area contributed by atoms with Crippen LogP contribution in [0.15, 0.2) is 60.9 Å². The minimum atomic E-state index is -1.48. The maximum absolute atomic E-state index is 15.7. The number of carboxylic acids is 1. The van der Waals surface area contributed by atoms with Crippen molar-refractivity contribution >= 4 is 51.2 Å². The first kappa shape index (κ1) is 27.7. The van der Waals surface area contributed by atoms with Gasteiger partial charge in [0.15, 0.2) is 11.6 Å². The van der Waals surface area contributed by atoms with Gasteiger partial charge < -0.3 is 20.3 Å². The normalized spacial score (nSPS) is 16.6. The number of amides is 2. The number of anilines is 1. The van der Waals surface area contributed by atoms with Crippen LogP contribution in [0.5, 0.6) is 0 Å². The Morgan fingerprint density at radius 1 is 1.12 bits per heavy atom. The number of alkyl halides is 1. The highest BCUT2D eigenvalue weighted by molar-refractivity contribution is 6.05. The predicted octanol–water partition coefficient (Wildman–Crippen LogP) is 4.20. The van der Waals surface area contributed by atoms with Crippen LogP contribution >= 0.6 is 0 Å². The minimum absolute atomic E-state index is 0.0198. The molecule has 0 unspecified atom stereocenters. The fourth-order valence-corrected chi connectivity index (χ4v) is 5.47. The van der Waals surface area contributed by atoms with Crippen LogP contribution in [0, 0.1) is 5.82 Å². The molecule has 2 amide bonds. The number of H-pyrrole nitrogens is 1. The quantitative estimate of drug-likeness (QED) is 0.242. The number of aromatic carboxylic acids is 1. The van der Waals surface area contributed by atoms with Gasteiger partial charge in [-0.15, -0.1) is 0 Å². The number of fused-ring (bicyclic) bond motifs is 2. The maximum atomic E-state index is 15.7. The summed E-state index contributed by atoms with van der Waals surface area (Å²) < 4.78 is 31.6. The Balaban J connectivity index is 1.25. The molecule has 3 N–H and O–H groups in total. The van der Waals surface area contributed by atoms with E-state index in [2.05, 4.69) is 20.4 Å². The summed E-state index contributed by atoms with van der Waals surface area (Å²) in [7, 11) is 0. The second-order valence-electron chi connectivity index (χ2n) is 10.3. The number of aromatic nitrogens is 4. The van der Waals surface area contributed by atoms with Crippen LogP contribution in [0.25, 0.3) is 33.1 Å². The van der Waals surface area contributed by atoms with Gasteiger partial charge in [-0.1, -0.05) is 30.3 Å². The summed E-state index contributed by atoms with van der Waals surface area (Å²) in [4.78, 5) is 58.4. The molecule has 6 rings (SSSR count). The largest absolute Gasteiger partial charge is 0.478 e. The lowest BCUT2D eigenvalue weighted by molar-refractivity contribution is -0.137. The molecule has 1 saturated heterocycles. The third kappa shape index (κ3) is 4.98. The molecule has 1 aliphatic heterocycles. The average molecular weight is 587 g/mol. The van der Waals surface area contributed by atoms with E-state index < -0.39 is 35.8 Å². The molecule has 3 aromatic carbocycles. The van der Waals surface area contributed by atoms with Crippen LogP contribution in [0.2, 0.25) is 0 Å². The number of nitrogens with zero attached hydrogens (tertiary/aromatic N) is 4. The van der Waals surface area contributed by atoms with Crippen molar-refractivity contribution in [3.05, 3.63) is 78.0 Å². The van der Waals surface area contributed by atoms with E-state index in [0.717, 1.165) is 4.90 Å². The van der Waals surface area contributed by atoms with Gasteiger partial charge in [0, 0.05) is 24.3 Å². The van der Waals surface area contributed by atoms with Crippen LogP contribution < -0.4 is 5.32 Å². The van der Waals surface area contributed by atoms with E-state index in [9.17, 15) is 28.7 Å². The molecule has 1 fully saturated rings. The minimum Gasteiger partial charge on any atom is -0.478 e. The third-order valence-electron chi connectivity index (χ3n) is 7.47. The molecule has 43 heavy (non-hydrogen) atoms. The Labute approximate surface area is 242 Å². The lowest BCUT2D eigenvalue weighted by atomic mass is 10.0. The van der Waals surface area contributed by atoms with Crippen molar-refractivity contribution in [1.29, 1.82) is 0 Å². The van der Waals surface area contributed by atoms with Crippen molar-refractivity contribution < 1.29 is 33.1 Å². The maximum Gasteiger partial charge on any atom is 0.337 e. The smallest absolute Gasteiger partial charge is 0.337 e. The van der Waals surface area contributed by atoms with Gasteiger partial charge in [0.1, 0.15) is 30.0 Å². The van der Waals surface area contributed by atoms with Crippen molar-refractivity contribution in [2.45, 2.75) is 32.1 Å². The number of ketones is 1. The lowest BCUT2D eigenvalue weighted by Gasteiger charge is -2.24. The summed E-state index contributed by atoms with van der Waals surface area (Å²) in [5, 5.41) is 16.9. The van der Waals surface area contributed by atoms with E-state index in [-0.39, 0.29) is 58.9 Å². The summed E-state index contributed by atoms with van der Waals surface area (Å²) in [6, 6.07) is 12.7. The standard InChI is InChI=1S/C30H24F2N6O5/c1-15(39)27-19-5-2-3-8-23(19)38(36-27)13-25(40)37-12-17(31)11-24(37)29(41)35-21-7-4-6-18(26(21)32)16-9-20(30(42)43)28-22(10-16)33-14-34-28/h2-10,14,17,24H,11-13H2,1H3,(H,33,34)(H,35,41)(H,42,43)/t17-,24+/m1/s1. The number of nitrogens with one attached hydrogen (secondary N) is 2. The SMILES string of the molecule is CC(=O)c1nn(CC(=O)N2C[C@H](F)C[C@H]2C(=O)Nc2cccc(-c3cc(C(=O)O)c4nc[nH]c4c3)c2F)c2ccccc12. The number of carbonyl (C=O) groups is 4. The number of halogens is 2. The highest BCUT2D eigenvalue weighted by atomic mass is 19.1. The second-order valence-corrected chi connectivity index (χ2v) is 10.3. The Kier molecular flexibility index (Phi) is 6.92. The fourth-order valence-electron chi connectivity index (χ4n) is 5.47. The summed E-state index contributed by atoms with van der Waals surface area (Å²) in [5.41, 5.74) is 1.25. The summed E-state index contributed by atoms with van der Waals surface area (Å²) >= 11 is 0. The molecule has 2 aromatic heterocycles. The number of rotatable bonds is 7. The molecule has 2 atom stereocenters. The first-order valence-corrected chi connectivity index (χ1v) is 13.3. The predicted molar refractivity (Wildman–Crippen MR) is 152 cm³/mol. The van der Waals surface area contributed by atoms with E-state index in [1.165, 1.54) is 42.2 Å². The van der Waals surface area contributed by atoms with Gasteiger partial charge in [-0.25, -0.2) is 18.6 Å². The van der Waals surface area contributed by atoms with Gasteiger partial charge in [0.2, 0.25) is 11.8 Å². The zero-order valence-corrected chi connectivity index (χ0v) is 22.7. The molecular formula is C30H24F2N6O5. The zero-order valence-electron chi connectivity index (χ0n) is 22.7. The fraction of sp³-hybridized carbons (Fsp3) is 0.200. The van der Waals surface area contributed by atoms with E-state index in [0.29, 0.717) is 16.4 Å². The summed E-state index contributed by atoms with van der Waals surface area (Å²) in [6.07, 6.45) is -0.429. The number of benzene rings is 3. The van der Waals surface area contributed by atoms with Crippen LogP contribution in [0.3, 0.4) is 0 Å². The Morgan fingerprint density at radius 3 is 2.67 bits per heavy atom. The van der Waals surface area contributed by atoms with Crippen LogP contribution in [0.4, 0.5) is 14.5 Å². The Bertz CT molecular complexity index is 1950. The number of carboxylic acid groups (broad SMARTS) is 1. The number of hydrogen-bond acceptors (Lipinski definition) is 6. The zero-order chi connectivity index (χ0) is 30.4. The van der Waals surface area contributed by atoms with Crippen LogP contribution in [-0.4, -0.2) is 72.1 Å². The van der Waals surface area contributed by atoms with Crippen molar-refractivity contribution in [2.75, 3.05) is 11.9 Å². The highest BCUT2D eigenvalue weighted by Gasteiger charge is 2.40. The van der Waals surface area contributed by atoms with E-state index in [4.69, 9.17) is 0 Å². The van der Waals surface area contributed by atoms with Gasteiger partial charge in [0.05, 0.1) is 35.2 Å². The monoisotopic (exact) mass is 586 g/mol. The molecule has 0 spiro atoms. The Hall–Kier alpha value is -5.46. The lowest BCUT2D eigenvalue weighted by Crippen LogP contribution is -2.44. The average Bonchev–Trinajstić information content (AvgIpc) is 3.70. The van der Waals surface area contributed by atoms with Crippen LogP contribution in [0.1, 0.15) is 34.2 Å². The van der Waals surface area contributed by atoms with Gasteiger partial charge >= 0.3 is 5.97 Å².